The number of fused-ring (bicyclic) bond motifs is 1. The van der Waals surface area contributed by atoms with Crippen molar-refractivity contribution in [2.24, 2.45) is 0 Å². The molecule has 1 aliphatic rings. The summed E-state index contributed by atoms with van der Waals surface area (Å²) in [5.74, 6) is -0.175. The van der Waals surface area contributed by atoms with Gasteiger partial charge in [-0.2, -0.15) is 4.98 Å². The molecular formula is C28H35N5O5. The first-order valence-corrected chi connectivity index (χ1v) is 12.9. The van der Waals surface area contributed by atoms with Crippen LogP contribution in [0.2, 0.25) is 0 Å². The summed E-state index contributed by atoms with van der Waals surface area (Å²) in [5.41, 5.74) is -0.00532. The Morgan fingerprint density at radius 1 is 1.13 bits per heavy atom. The van der Waals surface area contributed by atoms with Crippen LogP contribution in [0.1, 0.15) is 77.0 Å². The molecule has 0 saturated heterocycles. The van der Waals surface area contributed by atoms with E-state index in [0.717, 1.165) is 24.8 Å². The summed E-state index contributed by atoms with van der Waals surface area (Å²) in [6.45, 7) is 8.92. The lowest BCUT2D eigenvalue weighted by molar-refractivity contribution is -0.127. The van der Waals surface area contributed by atoms with Gasteiger partial charge < -0.3 is 19.8 Å². The third kappa shape index (κ3) is 6.12. The quantitative estimate of drug-likeness (QED) is 0.401. The number of ether oxygens (including phenoxy) is 1. The summed E-state index contributed by atoms with van der Waals surface area (Å²) in [4.78, 5) is 47.5. The van der Waals surface area contributed by atoms with Crippen LogP contribution in [0.4, 0.5) is 16.5 Å². The molecule has 1 aromatic carbocycles. The van der Waals surface area contributed by atoms with E-state index in [1.807, 2.05) is 19.1 Å². The number of nitrogens with one attached hydrogen (secondary N) is 3. The molecule has 3 aromatic rings. The Balaban J connectivity index is 1.60. The third-order valence-electron chi connectivity index (χ3n) is 6.71. The molecule has 2 heterocycles. The Hall–Kier alpha value is -3.95. The standard InChI is InChI=1S/C28H35N5O5/c1-17-20(32-26(36)38-27(3,4)5)11-12-21-22(17)23(34)37-25(31-21)33-28(13-7-6-8-14-28)24(35)30-18(2)19-10-9-15-29-16-19/h9-12,15-16,18H,6-8,13-14H2,1-5H3,(H,30,35)(H,31,33)(H,32,36). The molecule has 0 spiro atoms. The molecular weight excluding hydrogens is 486 g/mol. The van der Waals surface area contributed by atoms with Gasteiger partial charge in [-0.25, -0.2) is 9.59 Å². The van der Waals surface area contributed by atoms with Crippen LogP contribution >= 0.6 is 0 Å². The van der Waals surface area contributed by atoms with E-state index in [9.17, 15) is 14.4 Å². The highest BCUT2D eigenvalue weighted by Crippen LogP contribution is 2.33. The van der Waals surface area contributed by atoms with E-state index in [1.165, 1.54) is 0 Å². The van der Waals surface area contributed by atoms with E-state index in [2.05, 4.69) is 25.9 Å². The molecule has 2 amide bonds. The summed E-state index contributed by atoms with van der Waals surface area (Å²) in [5, 5.41) is 9.19. The van der Waals surface area contributed by atoms with Crippen LogP contribution in [-0.2, 0) is 9.53 Å². The van der Waals surface area contributed by atoms with Crippen LogP contribution in [-0.4, -0.2) is 33.1 Å². The first-order valence-electron chi connectivity index (χ1n) is 12.9. The van der Waals surface area contributed by atoms with Crippen molar-refractivity contribution in [3.05, 3.63) is 58.2 Å². The summed E-state index contributed by atoms with van der Waals surface area (Å²) < 4.78 is 10.9. The van der Waals surface area contributed by atoms with Gasteiger partial charge in [0.15, 0.2) is 0 Å². The average Bonchev–Trinajstić information content (AvgIpc) is 2.85. The van der Waals surface area contributed by atoms with E-state index in [0.29, 0.717) is 29.6 Å². The first kappa shape index (κ1) is 27.1. The molecule has 0 aliphatic heterocycles. The molecule has 1 saturated carbocycles. The normalized spacial score (nSPS) is 15.9. The first-order chi connectivity index (χ1) is 18.0. The summed E-state index contributed by atoms with van der Waals surface area (Å²) >= 11 is 0. The molecule has 1 atom stereocenters. The van der Waals surface area contributed by atoms with E-state index in [4.69, 9.17) is 9.15 Å². The lowest BCUT2D eigenvalue weighted by Crippen LogP contribution is -2.54. The number of pyridine rings is 1. The number of aryl methyl sites for hydroxylation is 1. The minimum Gasteiger partial charge on any atom is -0.444 e. The number of amides is 2. The molecule has 10 heteroatoms. The highest BCUT2D eigenvalue weighted by molar-refractivity contribution is 5.93. The van der Waals surface area contributed by atoms with Gasteiger partial charge in [0, 0.05) is 18.1 Å². The number of rotatable bonds is 6. The SMILES string of the molecule is Cc1c(NC(=O)OC(C)(C)C)ccc2nc(NC3(C(=O)NC(C)c4cccnc4)CCCCC3)oc(=O)c12. The number of benzene rings is 1. The zero-order chi connectivity index (χ0) is 27.5. The Morgan fingerprint density at radius 3 is 2.53 bits per heavy atom. The maximum absolute atomic E-state index is 13.6. The van der Waals surface area contributed by atoms with Crippen molar-refractivity contribution in [3.63, 3.8) is 0 Å². The predicted octanol–water partition coefficient (Wildman–Crippen LogP) is 5.23. The Morgan fingerprint density at radius 2 is 1.87 bits per heavy atom. The van der Waals surface area contributed by atoms with Gasteiger partial charge in [0.05, 0.1) is 16.9 Å². The number of carbonyl (C=O) groups excluding carboxylic acids is 2. The minimum absolute atomic E-state index is 0.0131. The Labute approximate surface area is 221 Å². The molecule has 202 valence electrons. The van der Waals surface area contributed by atoms with Crippen LogP contribution in [0.25, 0.3) is 10.9 Å². The van der Waals surface area contributed by atoms with Crippen molar-refractivity contribution in [3.8, 4) is 0 Å². The predicted molar refractivity (Wildman–Crippen MR) is 145 cm³/mol. The van der Waals surface area contributed by atoms with Crippen LogP contribution in [0, 0.1) is 6.92 Å². The number of hydrogen-bond donors (Lipinski definition) is 3. The molecule has 38 heavy (non-hydrogen) atoms. The van der Waals surface area contributed by atoms with E-state index in [-0.39, 0.29) is 23.3 Å². The monoisotopic (exact) mass is 521 g/mol. The van der Waals surface area contributed by atoms with Gasteiger partial charge in [-0.1, -0.05) is 25.3 Å². The second-order valence-electron chi connectivity index (χ2n) is 10.8. The van der Waals surface area contributed by atoms with Crippen molar-refractivity contribution in [1.29, 1.82) is 0 Å². The fourth-order valence-electron chi connectivity index (χ4n) is 4.74. The zero-order valence-electron chi connectivity index (χ0n) is 22.5. The number of hydrogen-bond acceptors (Lipinski definition) is 8. The van der Waals surface area contributed by atoms with Crippen LogP contribution in [0.5, 0.6) is 0 Å². The van der Waals surface area contributed by atoms with Crippen LogP contribution < -0.4 is 21.6 Å². The van der Waals surface area contributed by atoms with Crippen molar-refractivity contribution in [1.82, 2.24) is 15.3 Å². The largest absolute Gasteiger partial charge is 0.444 e. The Kier molecular flexibility index (Phi) is 7.71. The summed E-state index contributed by atoms with van der Waals surface area (Å²) in [6.07, 6.45) is 6.70. The van der Waals surface area contributed by atoms with Gasteiger partial charge in [0.1, 0.15) is 11.1 Å². The fraction of sp³-hybridized carbons (Fsp3) is 0.464. The van der Waals surface area contributed by atoms with Gasteiger partial charge in [0.25, 0.3) is 6.01 Å². The topological polar surface area (TPSA) is 135 Å². The lowest BCUT2D eigenvalue weighted by Gasteiger charge is -2.37. The molecule has 0 bridgehead atoms. The molecule has 0 radical (unpaired) electrons. The van der Waals surface area contributed by atoms with E-state index in [1.54, 1.807) is 52.2 Å². The van der Waals surface area contributed by atoms with Gasteiger partial charge >= 0.3 is 11.7 Å². The highest BCUT2D eigenvalue weighted by Gasteiger charge is 2.41. The van der Waals surface area contributed by atoms with Crippen molar-refractivity contribution < 1.29 is 18.7 Å². The molecule has 3 N–H and O–H groups in total. The average molecular weight is 522 g/mol. The van der Waals surface area contributed by atoms with Gasteiger partial charge in [-0.3, -0.25) is 15.1 Å². The van der Waals surface area contributed by atoms with Crippen molar-refractivity contribution >= 4 is 34.6 Å². The zero-order valence-corrected chi connectivity index (χ0v) is 22.5. The fourth-order valence-corrected chi connectivity index (χ4v) is 4.74. The van der Waals surface area contributed by atoms with Gasteiger partial charge in [-0.15, -0.1) is 0 Å². The van der Waals surface area contributed by atoms with Crippen molar-refractivity contribution in [2.45, 2.75) is 83.9 Å². The maximum atomic E-state index is 13.6. The molecule has 1 unspecified atom stereocenters. The molecule has 4 rings (SSSR count). The van der Waals surface area contributed by atoms with Gasteiger partial charge in [-0.05, 0) is 76.8 Å². The summed E-state index contributed by atoms with van der Waals surface area (Å²) in [7, 11) is 0. The van der Waals surface area contributed by atoms with Gasteiger partial charge in [0.2, 0.25) is 5.91 Å². The molecule has 1 fully saturated rings. The number of nitrogens with zero attached hydrogens (tertiary/aromatic N) is 2. The smallest absolute Gasteiger partial charge is 0.412 e. The maximum Gasteiger partial charge on any atom is 0.412 e. The number of anilines is 2. The molecule has 1 aliphatic carbocycles. The third-order valence-corrected chi connectivity index (χ3v) is 6.71. The van der Waals surface area contributed by atoms with E-state index < -0.39 is 22.9 Å². The van der Waals surface area contributed by atoms with Crippen LogP contribution in [0.3, 0.4) is 0 Å². The van der Waals surface area contributed by atoms with Crippen molar-refractivity contribution in [2.75, 3.05) is 10.6 Å². The van der Waals surface area contributed by atoms with Crippen LogP contribution in [0.15, 0.2) is 45.9 Å². The number of aromatic nitrogens is 2. The second kappa shape index (κ2) is 10.8. The number of carbonyl (C=O) groups is 2. The second-order valence-corrected chi connectivity index (χ2v) is 10.8. The summed E-state index contributed by atoms with van der Waals surface area (Å²) in [6, 6.07) is 6.78. The lowest BCUT2D eigenvalue weighted by atomic mass is 9.80. The minimum atomic E-state index is -0.960. The van der Waals surface area contributed by atoms with E-state index >= 15 is 0 Å². The Bertz CT molecular complexity index is 1370. The highest BCUT2D eigenvalue weighted by atomic mass is 16.6. The molecule has 2 aromatic heterocycles. The molecule has 10 nitrogen and oxygen atoms in total.